The highest BCUT2D eigenvalue weighted by atomic mass is 16.7. The molecule has 1 fully saturated rings. The smallest absolute Gasteiger partial charge is 0.306 e. The average Bonchev–Trinajstić information content (AvgIpc) is 3.36. The molecule has 0 saturated carbocycles. The predicted octanol–water partition coefficient (Wildman–Crippen LogP) is 15.8. The zero-order chi connectivity index (χ0) is 50.6. The lowest BCUT2D eigenvalue weighted by Crippen LogP contribution is -2.59. The lowest BCUT2D eigenvalue weighted by Gasteiger charge is -2.39. The van der Waals surface area contributed by atoms with Crippen LogP contribution in [0, 0.1) is 0 Å². The summed E-state index contributed by atoms with van der Waals surface area (Å²) in [4.78, 5) is 12.9. The van der Waals surface area contributed by atoms with E-state index in [1.54, 1.807) is 0 Å². The van der Waals surface area contributed by atoms with Gasteiger partial charge in [-0.2, -0.15) is 0 Å². The number of ether oxygens (including phenoxy) is 4. The molecule has 0 aliphatic carbocycles. The molecule has 4 N–H and O–H groups in total. The first kappa shape index (κ1) is 66.4. The molecule has 1 aliphatic heterocycles. The number of esters is 1. The number of rotatable bonds is 53. The molecule has 0 bridgehead atoms. The second-order valence-corrected chi connectivity index (χ2v) is 20.8. The molecule has 0 spiro atoms. The largest absolute Gasteiger partial charge is 0.457 e. The van der Waals surface area contributed by atoms with Gasteiger partial charge in [-0.3, -0.25) is 4.79 Å². The minimum Gasteiger partial charge on any atom is -0.457 e. The molecular weight excluding hydrogens is 877 g/mol. The molecule has 1 rings (SSSR count). The topological polar surface area (TPSA) is 135 Å². The number of hydrogen-bond donors (Lipinski definition) is 4. The van der Waals surface area contributed by atoms with Crippen molar-refractivity contribution in [2.24, 2.45) is 0 Å². The van der Waals surface area contributed by atoms with E-state index >= 15 is 0 Å². The Labute approximate surface area is 431 Å². The Morgan fingerprint density at radius 1 is 0.457 bits per heavy atom. The highest BCUT2D eigenvalue weighted by Gasteiger charge is 2.44. The maximum Gasteiger partial charge on any atom is 0.306 e. The molecule has 0 aromatic heterocycles. The van der Waals surface area contributed by atoms with Gasteiger partial charge in [-0.05, 0) is 70.6 Å². The van der Waals surface area contributed by atoms with Crippen LogP contribution in [0.1, 0.15) is 284 Å². The number of allylic oxidation sites excluding steroid dienone is 6. The molecule has 6 unspecified atom stereocenters. The molecule has 0 amide bonds. The van der Waals surface area contributed by atoms with Crippen LogP contribution < -0.4 is 0 Å². The van der Waals surface area contributed by atoms with E-state index in [0.717, 1.165) is 38.5 Å². The third-order valence-corrected chi connectivity index (χ3v) is 14.0. The van der Waals surface area contributed by atoms with Crippen molar-refractivity contribution in [1.29, 1.82) is 0 Å². The van der Waals surface area contributed by atoms with Gasteiger partial charge in [0.2, 0.25) is 0 Å². The second-order valence-electron chi connectivity index (χ2n) is 20.8. The fourth-order valence-corrected chi connectivity index (χ4v) is 9.34. The van der Waals surface area contributed by atoms with Crippen LogP contribution >= 0.6 is 0 Å². The summed E-state index contributed by atoms with van der Waals surface area (Å²) in [6.45, 7) is 4.60. The van der Waals surface area contributed by atoms with Gasteiger partial charge in [0.05, 0.1) is 19.8 Å². The van der Waals surface area contributed by atoms with Gasteiger partial charge in [0.1, 0.15) is 30.5 Å². The number of unbranched alkanes of at least 4 members (excludes halogenated alkanes) is 36. The molecule has 1 heterocycles. The summed E-state index contributed by atoms with van der Waals surface area (Å²) in [5, 5.41) is 40.4. The zero-order valence-corrected chi connectivity index (χ0v) is 45.8. The Balaban J connectivity index is 2.13. The van der Waals surface area contributed by atoms with Crippen molar-refractivity contribution >= 4 is 5.97 Å². The standard InChI is InChI=1S/C61H114O9/c1-3-5-7-9-11-13-15-17-19-21-23-25-27-28-29-30-32-34-36-38-40-42-44-46-48-50-57(63)69-55(54-68-61-60(66)59(65)58(64)56(52-62)70-61)53-67-51-49-47-45-43-41-39-37-35-33-31-26-24-22-20-18-16-14-12-10-8-6-4-2/h15,17,21-24,55-56,58-62,64-66H,3-14,16,18-20,25-54H2,1-2H3/b17-15-,23-21-,24-22-. The minimum absolute atomic E-state index is 0.111. The first-order valence-corrected chi connectivity index (χ1v) is 30.1. The van der Waals surface area contributed by atoms with Crippen LogP contribution in [-0.2, 0) is 23.7 Å². The molecule has 6 atom stereocenters. The zero-order valence-electron chi connectivity index (χ0n) is 45.8. The molecule has 1 aliphatic rings. The lowest BCUT2D eigenvalue weighted by atomic mass is 9.99. The summed E-state index contributed by atoms with van der Waals surface area (Å²) >= 11 is 0. The van der Waals surface area contributed by atoms with E-state index in [1.165, 1.54) is 225 Å². The van der Waals surface area contributed by atoms with Gasteiger partial charge in [-0.15, -0.1) is 0 Å². The van der Waals surface area contributed by atoms with Crippen LogP contribution in [0.25, 0.3) is 0 Å². The Bertz CT molecular complexity index is 1170. The fraction of sp³-hybridized carbons (Fsp3) is 0.885. The van der Waals surface area contributed by atoms with Crippen molar-refractivity contribution < 1.29 is 44.2 Å². The lowest BCUT2D eigenvalue weighted by molar-refractivity contribution is -0.305. The SMILES string of the molecule is CCCCCCC/C=C\C/C=C\CCCCCCCCCCCCCCCC(=O)OC(COCCCCCCCCCCCC/C=C\CCCCCCCCCC)COC1OC(CO)C(O)C(O)C1O. The van der Waals surface area contributed by atoms with Gasteiger partial charge in [0.15, 0.2) is 6.29 Å². The maximum atomic E-state index is 12.9. The summed E-state index contributed by atoms with van der Waals surface area (Å²) in [6, 6.07) is 0. The molecule has 9 heteroatoms. The Hall–Kier alpha value is -1.59. The van der Waals surface area contributed by atoms with Crippen LogP contribution in [0.15, 0.2) is 36.5 Å². The van der Waals surface area contributed by atoms with E-state index in [-0.39, 0.29) is 19.2 Å². The van der Waals surface area contributed by atoms with Crippen LogP contribution in [0.5, 0.6) is 0 Å². The normalized spacial score (nSPS) is 19.1. The molecule has 0 aromatic rings. The van der Waals surface area contributed by atoms with Crippen LogP contribution in [-0.4, -0.2) is 89.6 Å². The van der Waals surface area contributed by atoms with Crippen molar-refractivity contribution in [3.63, 3.8) is 0 Å². The quantitative estimate of drug-likeness (QED) is 0.0267. The van der Waals surface area contributed by atoms with Gasteiger partial charge in [-0.1, -0.05) is 243 Å². The van der Waals surface area contributed by atoms with Crippen molar-refractivity contribution in [2.45, 2.75) is 320 Å². The molecule has 412 valence electrons. The highest BCUT2D eigenvalue weighted by Crippen LogP contribution is 2.23. The van der Waals surface area contributed by atoms with Crippen molar-refractivity contribution in [1.82, 2.24) is 0 Å². The first-order chi connectivity index (χ1) is 34.4. The van der Waals surface area contributed by atoms with E-state index in [0.29, 0.717) is 13.0 Å². The number of aliphatic hydroxyl groups is 4. The van der Waals surface area contributed by atoms with E-state index in [2.05, 4.69) is 50.3 Å². The molecule has 0 radical (unpaired) electrons. The van der Waals surface area contributed by atoms with Gasteiger partial charge in [0.25, 0.3) is 0 Å². The van der Waals surface area contributed by atoms with E-state index < -0.39 is 43.4 Å². The van der Waals surface area contributed by atoms with Gasteiger partial charge in [0, 0.05) is 13.0 Å². The summed E-state index contributed by atoms with van der Waals surface area (Å²) < 4.78 is 23.0. The van der Waals surface area contributed by atoms with Crippen molar-refractivity contribution in [3.8, 4) is 0 Å². The van der Waals surface area contributed by atoms with Crippen LogP contribution in [0.2, 0.25) is 0 Å². The van der Waals surface area contributed by atoms with Crippen molar-refractivity contribution in [2.75, 3.05) is 26.4 Å². The molecule has 0 aromatic carbocycles. The molecular formula is C61H114O9. The maximum absolute atomic E-state index is 12.9. The molecule has 1 saturated heterocycles. The van der Waals surface area contributed by atoms with Crippen molar-refractivity contribution in [3.05, 3.63) is 36.5 Å². The first-order valence-electron chi connectivity index (χ1n) is 30.1. The highest BCUT2D eigenvalue weighted by molar-refractivity contribution is 5.69. The van der Waals surface area contributed by atoms with E-state index in [4.69, 9.17) is 18.9 Å². The monoisotopic (exact) mass is 991 g/mol. The third-order valence-electron chi connectivity index (χ3n) is 14.0. The van der Waals surface area contributed by atoms with E-state index in [1.807, 2.05) is 0 Å². The summed E-state index contributed by atoms with van der Waals surface area (Å²) in [5.41, 5.74) is 0. The van der Waals surface area contributed by atoms with Gasteiger partial charge >= 0.3 is 5.97 Å². The third kappa shape index (κ3) is 41.8. The average molecular weight is 992 g/mol. The fourth-order valence-electron chi connectivity index (χ4n) is 9.34. The number of carbonyl (C=O) groups is 1. The minimum atomic E-state index is -1.54. The Morgan fingerprint density at radius 2 is 0.829 bits per heavy atom. The summed E-state index contributed by atoms with van der Waals surface area (Å²) in [6.07, 6.45) is 59.1. The van der Waals surface area contributed by atoms with Crippen LogP contribution in [0.4, 0.5) is 0 Å². The van der Waals surface area contributed by atoms with E-state index in [9.17, 15) is 25.2 Å². The van der Waals surface area contributed by atoms with Gasteiger partial charge in [-0.25, -0.2) is 0 Å². The predicted molar refractivity (Wildman–Crippen MR) is 293 cm³/mol. The Kier molecular flexibility index (Phi) is 49.6. The summed E-state index contributed by atoms with van der Waals surface area (Å²) in [5.74, 6) is -0.310. The number of hydrogen-bond acceptors (Lipinski definition) is 9. The van der Waals surface area contributed by atoms with Crippen LogP contribution in [0.3, 0.4) is 0 Å². The Morgan fingerprint density at radius 3 is 1.24 bits per heavy atom. The second kappa shape index (κ2) is 52.3. The van der Waals surface area contributed by atoms with Gasteiger partial charge < -0.3 is 39.4 Å². The number of carbonyl (C=O) groups excluding carboxylic acids is 1. The summed E-state index contributed by atoms with van der Waals surface area (Å²) in [7, 11) is 0. The molecule has 70 heavy (non-hydrogen) atoms. The molecule has 9 nitrogen and oxygen atoms in total. The number of aliphatic hydroxyl groups excluding tert-OH is 4.